The first kappa shape index (κ1) is 16.6. The van der Waals surface area contributed by atoms with Gasteiger partial charge in [0.25, 0.3) is 5.89 Å². The average Bonchev–Trinajstić information content (AvgIpc) is 3.36. The van der Waals surface area contributed by atoms with Crippen LogP contribution in [0.25, 0.3) is 11.5 Å². The maximum absolute atomic E-state index is 5.92. The van der Waals surface area contributed by atoms with E-state index in [0.29, 0.717) is 23.3 Å². The molecule has 0 radical (unpaired) electrons. The second-order valence-electron chi connectivity index (χ2n) is 5.85. The predicted octanol–water partition coefficient (Wildman–Crippen LogP) is 3.84. The first-order chi connectivity index (χ1) is 12.8. The molecule has 4 aromatic rings. The van der Waals surface area contributed by atoms with Crippen molar-refractivity contribution in [2.45, 2.75) is 12.6 Å². The van der Waals surface area contributed by atoms with E-state index in [4.69, 9.17) is 20.4 Å². The van der Waals surface area contributed by atoms with Crippen molar-refractivity contribution >= 4 is 11.6 Å². The Bertz CT molecular complexity index is 950. The van der Waals surface area contributed by atoms with Crippen LogP contribution in [0.4, 0.5) is 0 Å². The molecule has 2 aromatic heterocycles. The lowest BCUT2D eigenvalue weighted by molar-refractivity contribution is -0.706. The van der Waals surface area contributed by atoms with E-state index >= 15 is 0 Å². The number of benzene rings is 2. The summed E-state index contributed by atoms with van der Waals surface area (Å²) in [5, 5.41) is 11.1. The highest BCUT2D eigenvalue weighted by molar-refractivity contribution is 6.30. The van der Waals surface area contributed by atoms with E-state index in [2.05, 4.69) is 27.6 Å². The zero-order valence-corrected chi connectivity index (χ0v) is 14.6. The summed E-state index contributed by atoms with van der Waals surface area (Å²) in [6.45, 7) is 0.543. The molecule has 130 valence electrons. The standard InChI is InChI=1S/C20H16ClN3O2/c21-16-10-8-15(9-11-16)20-24-23-18(26-20)13-22-19(17-7-4-12-25-17)14-5-2-1-3-6-14/h1-12,19,22H,13H2/p+1/t19-/m0/s1. The fourth-order valence-electron chi connectivity index (χ4n) is 2.81. The Labute approximate surface area is 155 Å². The third kappa shape index (κ3) is 3.69. The van der Waals surface area contributed by atoms with Crippen LogP contribution in [0.2, 0.25) is 5.02 Å². The summed E-state index contributed by atoms with van der Waals surface area (Å²) >= 11 is 5.92. The van der Waals surface area contributed by atoms with Crippen molar-refractivity contribution < 1.29 is 14.2 Å². The first-order valence-electron chi connectivity index (χ1n) is 8.29. The minimum atomic E-state index is 0.0251. The number of hydrogen-bond acceptors (Lipinski definition) is 4. The van der Waals surface area contributed by atoms with Crippen molar-refractivity contribution in [3.05, 3.63) is 95.2 Å². The van der Waals surface area contributed by atoms with Crippen LogP contribution in [-0.2, 0) is 6.54 Å². The Kier molecular flexibility index (Phi) is 4.82. The van der Waals surface area contributed by atoms with Gasteiger partial charge in [0, 0.05) is 16.1 Å². The summed E-state index contributed by atoms with van der Waals surface area (Å²) in [5.41, 5.74) is 2.00. The maximum atomic E-state index is 5.92. The highest BCUT2D eigenvalue weighted by atomic mass is 35.5. The number of hydrogen-bond donors (Lipinski definition) is 1. The van der Waals surface area contributed by atoms with Gasteiger partial charge in [0.05, 0.1) is 6.26 Å². The lowest BCUT2D eigenvalue weighted by Gasteiger charge is -2.12. The van der Waals surface area contributed by atoms with Crippen molar-refractivity contribution in [3.63, 3.8) is 0 Å². The molecule has 0 amide bonds. The van der Waals surface area contributed by atoms with Gasteiger partial charge in [0.2, 0.25) is 5.89 Å². The van der Waals surface area contributed by atoms with E-state index in [1.54, 1.807) is 18.4 Å². The van der Waals surface area contributed by atoms with Gasteiger partial charge in [0.15, 0.2) is 18.3 Å². The van der Waals surface area contributed by atoms with E-state index < -0.39 is 0 Å². The molecule has 2 N–H and O–H groups in total. The number of nitrogens with two attached hydrogens (primary N) is 1. The fourth-order valence-corrected chi connectivity index (χ4v) is 2.93. The SMILES string of the molecule is Clc1ccc(-c2nnc(C[NH2+][C@@H](c3ccccc3)c3ccco3)o2)cc1. The van der Waals surface area contributed by atoms with Crippen LogP contribution in [0, 0.1) is 0 Å². The average molecular weight is 367 g/mol. The van der Waals surface area contributed by atoms with Crippen LogP contribution in [0.5, 0.6) is 0 Å². The molecule has 0 saturated carbocycles. The smallest absolute Gasteiger partial charge is 0.271 e. The highest BCUT2D eigenvalue weighted by Gasteiger charge is 2.21. The zero-order chi connectivity index (χ0) is 17.8. The maximum Gasteiger partial charge on any atom is 0.271 e. The summed E-state index contributed by atoms with van der Waals surface area (Å²) in [4.78, 5) is 0. The molecular weight excluding hydrogens is 350 g/mol. The molecule has 4 rings (SSSR count). The summed E-state index contributed by atoms with van der Waals surface area (Å²) in [5.74, 6) is 1.93. The topological polar surface area (TPSA) is 68.7 Å². The van der Waals surface area contributed by atoms with Crippen LogP contribution in [0.15, 0.2) is 81.8 Å². The highest BCUT2D eigenvalue weighted by Crippen LogP contribution is 2.21. The summed E-state index contributed by atoms with van der Waals surface area (Å²) in [7, 11) is 0. The summed E-state index contributed by atoms with van der Waals surface area (Å²) in [6.07, 6.45) is 1.68. The number of nitrogens with zero attached hydrogens (tertiary/aromatic N) is 2. The normalized spacial score (nSPS) is 12.2. The Hall–Kier alpha value is -2.89. The second-order valence-corrected chi connectivity index (χ2v) is 6.29. The van der Waals surface area contributed by atoms with Gasteiger partial charge in [-0.3, -0.25) is 0 Å². The number of furan rings is 1. The minimum Gasteiger partial charge on any atom is -0.463 e. The summed E-state index contributed by atoms with van der Waals surface area (Å²) in [6, 6.07) is 21.4. The Morgan fingerprint density at radius 3 is 2.46 bits per heavy atom. The predicted molar refractivity (Wildman–Crippen MR) is 97.4 cm³/mol. The molecule has 0 saturated heterocycles. The van der Waals surface area contributed by atoms with Gasteiger partial charge in [-0.15, -0.1) is 10.2 Å². The minimum absolute atomic E-state index is 0.0251. The molecule has 2 heterocycles. The van der Waals surface area contributed by atoms with Gasteiger partial charge in [-0.05, 0) is 36.4 Å². The zero-order valence-electron chi connectivity index (χ0n) is 13.9. The molecule has 0 aliphatic rings. The second kappa shape index (κ2) is 7.56. The molecule has 0 aliphatic heterocycles. The third-order valence-corrected chi connectivity index (χ3v) is 4.35. The molecule has 0 spiro atoms. The Balaban J connectivity index is 1.51. The first-order valence-corrected chi connectivity index (χ1v) is 8.67. The van der Waals surface area contributed by atoms with Crippen LogP contribution in [0.1, 0.15) is 23.3 Å². The largest absolute Gasteiger partial charge is 0.463 e. The quantitative estimate of drug-likeness (QED) is 0.563. The third-order valence-electron chi connectivity index (χ3n) is 4.09. The molecule has 26 heavy (non-hydrogen) atoms. The molecular formula is C20H17ClN3O2+. The molecule has 0 fully saturated rings. The number of rotatable bonds is 6. The Morgan fingerprint density at radius 2 is 1.73 bits per heavy atom. The van der Waals surface area contributed by atoms with Crippen molar-refractivity contribution in [3.8, 4) is 11.5 Å². The lowest BCUT2D eigenvalue weighted by Crippen LogP contribution is -2.84. The number of aromatic nitrogens is 2. The van der Waals surface area contributed by atoms with E-state index in [9.17, 15) is 0 Å². The van der Waals surface area contributed by atoms with Crippen molar-refractivity contribution in [2.75, 3.05) is 0 Å². The number of halogens is 1. The van der Waals surface area contributed by atoms with E-state index in [1.807, 2.05) is 42.5 Å². The van der Waals surface area contributed by atoms with Crippen LogP contribution < -0.4 is 5.32 Å². The molecule has 6 heteroatoms. The van der Waals surface area contributed by atoms with Gasteiger partial charge in [0.1, 0.15) is 0 Å². The monoisotopic (exact) mass is 366 g/mol. The van der Waals surface area contributed by atoms with Crippen molar-refractivity contribution in [1.82, 2.24) is 10.2 Å². The van der Waals surface area contributed by atoms with Crippen LogP contribution >= 0.6 is 11.6 Å². The lowest BCUT2D eigenvalue weighted by atomic mass is 10.0. The van der Waals surface area contributed by atoms with Gasteiger partial charge < -0.3 is 14.2 Å². The van der Waals surface area contributed by atoms with Crippen molar-refractivity contribution in [2.24, 2.45) is 0 Å². The van der Waals surface area contributed by atoms with Gasteiger partial charge in [-0.1, -0.05) is 41.9 Å². The van der Waals surface area contributed by atoms with Gasteiger partial charge in [-0.2, -0.15) is 0 Å². The van der Waals surface area contributed by atoms with E-state index in [-0.39, 0.29) is 6.04 Å². The Morgan fingerprint density at radius 1 is 0.923 bits per heavy atom. The molecule has 1 atom stereocenters. The molecule has 0 unspecified atom stereocenters. The summed E-state index contributed by atoms with van der Waals surface area (Å²) < 4.78 is 11.4. The van der Waals surface area contributed by atoms with Gasteiger partial charge >= 0.3 is 0 Å². The van der Waals surface area contributed by atoms with Crippen LogP contribution in [0.3, 0.4) is 0 Å². The fraction of sp³-hybridized carbons (Fsp3) is 0.100. The molecule has 5 nitrogen and oxygen atoms in total. The molecule has 0 bridgehead atoms. The molecule has 0 aliphatic carbocycles. The number of quaternary nitrogens is 1. The molecule has 2 aromatic carbocycles. The van der Waals surface area contributed by atoms with E-state index in [1.165, 1.54) is 0 Å². The van der Waals surface area contributed by atoms with Crippen molar-refractivity contribution in [1.29, 1.82) is 0 Å². The van der Waals surface area contributed by atoms with Gasteiger partial charge in [-0.25, -0.2) is 0 Å². The van der Waals surface area contributed by atoms with Crippen LogP contribution in [-0.4, -0.2) is 10.2 Å². The van der Waals surface area contributed by atoms with E-state index in [0.717, 1.165) is 16.9 Å².